The van der Waals surface area contributed by atoms with Crippen LogP contribution in [0.25, 0.3) is 0 Å². The minimum absolute atomic E-state index is 0.0624. The van der Waals surface area contributed by atoms with Gasteiger partial charge >= 0.3 is 0 Å². The highest BCUT2D eigenvalue weighted by atomic mass is 16.3. The number of hydrogen-bond donors (Lipinski definition) is 1. The highest BCUT2D eigenvalue weighted by Crippen LogP contribution is 2.27. The lowest BCUT2D eigenvalue weighted by molar-refractivity contribution is 0.0221. The van der Waals surface area contributed by atoms with Crippen molar-refractivity contribution in [2.45, 2.75) is 69.9 Å². The van der Waals surface area contributed by atoms with Crippen LogP contribution in [0.3, 0.4) is 0 Å². The Morgan fingerprint density at radius 2 is 1.45 bits per heavy atom. The first-order valence-electron chi connectivity index (χ1n) is 8.97. The Labute approximate surface area is 124 Å². The van der Waals surface area contributed by atoms with Gasteiger partial charge in [-0.3, -0.25) is 4.90 Å². The van der Waals surface area contributed by atoms with Gasteiger partial charge in [0.05, 0.1) is 6.10 Å². The SMILES string of the molecule is OC1CCCCCC1N1CCC(CN2CCCC2)CC1. The highest BCUT2D eigenvalue weighted by molar-refractivity contribution is 4.86. The first-order valence-corrected chi connectivity index (χ1v) is 8.97. The Morgan fingerprint density at radius 3 is 2.20 bits per heavy atom. The number of aliphatic hydroxyl groups excluding tert-OH is 1. The molecule has 3 fully saturated rings. The molecule has 20 heavy (non-hydrogen) atoms. The first-order chi connectivity index (χ1) is 9.83. The van der Waals surface area contributed by atoms with Gasteiger partial charge in [0, 0.05) is 12.6 Å². The summed E-state index contributed by atoms with van der Waals surface area (Å²) in [4.78, 5) is 5.28. The van der Waals surface area contributed by atoms with E-state index in [1.165, 1.54) is 84.1 Å². The van der Waals surface area contributed by atoms with Gasteiger partial charge in [-0.2, -0.15) is 0 Å². The average molecular weight is 280 g/mol. The zero-order valence-corrected chi connectivity index (χ0v) is 13.0. The largest absolute Gasteiger partial charge is 0.391 e. The van der Waals surface area contributed by atoms with Gasteiger partial charge in [-0.15, -0.1) is 0 Å². The van der Waals surface area contributed by atoms with Crippen molar-refractivity contribution >= 4 is 0 Å². The maximum Gasteiger partial charge on any atom is 0.0695 e. The fraction of sp³-hybridized carbons (Fsp3) is 1.00. The number of nitrogens with zero attached hydrogens (tertiary/aromatic N) is 2. The van der Waals surface area contributed by atoms with Crippen molar-refractivity contribution in [3.05, 3.63) is 0 Å². The lowest BCUT2D eigenvalue weighted by Gasteiger charge is -2.40. The smallest absolute Gasteiger partial charge is 0.0695 e. The number of aliphatic hydroxyl groups is 1. The van der Waals surface area contributed by atoms with Crippen LogP contribution in [0, 0.1) is 5.92 Å². The second kappa shape index (κ2) is 7.24. The maximum atomic E-state index is 10.3. The molecule has 3 rings (SSSR count). The van der Waals surface area contributed by atoms with Crippen molar-refractivity contribution in [1.82, 2.24) is 9.80 Å². The summed E-state index contributed by atoms with van der Waals surface area (Å²) in [6.07, 6.45) is 11.6. The van der Waals surface area contributed by atoms with Gasteiger partial charge in [0.2, 0.25) is 0 Å². The molecular formula is C17H32N2O. The minimum Gasteiger partial charge on any atom is -0.391 e. The molecule has 2 unspecified atom stereocenters. The van der Waals surface area contributed by atoms with Crippen LogP contribution in [-0.2, 0) is 0 Å². The van der Waals surface area contributed by atoms with E-state index in [2.05, 4.69) is 9.80 Å². The molecule has 0 bridgehead atoms. The number of rotatable bonds is 3. The molecular weight excluding hydrogens is 248 g/mol. The molecule has 0 spiro atoms. The fourth-order valence-electron chi connectivity index (χ4n) is 4.49. The predicted molar refractivity (Wildman–Crippen MR) is 82.9 cm³/mol. The molecule has 3 heteroatoms. The summed E-state index contributed by atoms with van der Waals surface area (Å²) >= 11 is 0. The number of hydrogen-bond acceptors (Lipinski definition) is 3. The van der Waals surface area contributed by atoms with Crippen molar-refractivity contribution < 1.29 is 5.11 Å². The molecule has 1 aliphatic carbocycles. The van der Waals surface area contributed by atoms with E-state index in [0.29, 0.717) is 6.04 Å². The van der Waals surface area contributed by atoms with Crippen molar-refractivity contribution in [2.75, 3.05) is 32.7 Å². The van der Waals surface area contributed by atoms with Gasteiger partial charge in [-0.05, 0) is 70.6 Å². The number of likely N-dealkylation sites (tertiary alicyclic amines) is 2. The monoisotopic (exact) mass is 280 g/mol. The summed E-state index contributed by atoms with van der Waals surface area (Å²) in [7, 11) is 0. The fourth-order valence-corrected chi connectivity index (χ4v) is 4.49. The van der Waals surface area contributed by atoms with E-state index in [9.17, 15) is 5.11 Å². The molecule has 0 amide bonds. The Bertz CT molecular complexity index is 283. The van der Waals surface area contributed by atoms with Crippen LogP contribution >= 0.6 is 0 Å². The molecule has 3 aliphatic rings. The molecule has 2 heterocycles. The van der Waals surface area contributed by atoms with E-state index in [4.69, 9.17) is 0 Å². The molecule has 0 aromatic rings. The average Bonchev–Trinajstić information content (AvgIpc) is 2.87. The van der Waals surface area contributed by atoms with E-state index in [0.717, 1.165) is 12.3 Å². The van der Waals surface area contributed by atoms with Crippen molar-refractivity contribution in [3.63, 3.8) is 0 Å². The Kier molecular flexibility index (Phi) is 5.36. The zero-order chi connectivity index (χ0) is 13.8. The summed E-state index contributed by atoms with van der Waals surface area (Å²) in [5.74, 6) is 0.910. The van der Waals surface area contributed by atoms with Gasteiger partial charge in [0.25, 0.3) is 0 Å². The Morgan fingerprint density at radius 1 is 0.750 bits per heavy atom. The summed E-state index contributed by atoms with van der Waals surface area (Å²) in [5, 5.41) is 10.3. The topological polar surface area (TPSA) is 26.7 Å². The molecule has 0 aromatic heterocycles. The van der Waals surface area contributed by atoms with Gasteiger partial charge in [-0.1, -0.05) is 19.3 Å². The van der Waals surface area contributed by atoms with Gasteiger partial charge in [0.15, 0.2) is 0 Å². The standard InChI is InChI=1S/C17H32N2O/c20-17-7-3-1-2-6-16(17)19-12-8-15(9-13-19)14-18-10-4-5-11-18/h15-17,20H,1-14H2. The minimum atomic E-state index is -0.0624. The third kappa shape index (κ3) is 3.75. The summed E-state index contributed by atoms with van der Waals surface area (Å²) in [5.41, 5.74) is 0. The van der Waals surface area contributed by atoms with Gasteiger partial charge < -0.3 is 10.0 Å². The van der Waals surface area contributed by atoms with Crippen LogP contribution < -0.4 is 0 Å². The van der Waals surface area contributed by atoms with Crippen LogP contribution in [0.4, 0.5) is 0 Å². The van der Waals surface area contributed by atoms with Crippen molar-refractivity contribution in [1.29, 1.82) is 0 Å². The van der Waals surface area contributed by atoms with Crippen LogP contribution in [0.5, 0.6) is 0 Å². The molecule has 116 valence electrons. The lowest BCUT2D eigenvalue weighted by Crippen LogP contribution is -2.48. The maximum absolute atomic E-state index is 10.3. The first kappa shape index (κ1) is 14.8. The van der Waals surface area contributed by atoms with Gasteiger partial charge in [-0.25, -0.2) is 0 Å². The summed E-state index contributed by atoms with van der Waals surface area (Å²) in [6.45, 7) is 6.45. The molecule has 1 saturated carbocycles. The molecule has 0 aromatic carbocycles. The second-order valence-electron chi connectivity index (χ2n) is 7.26. The summed E-state index contributed by atoms with van der Waals surface area (Å²) < 4.78 is 0. The van der Waals surface area contributed by atoms with E-state index < -0.39 is 0 Å². The van der Waals surface area contributed by atoms with Crippen LogP contribution in [0.15, 0.2) is 0 Å². The van der Waals surface area contributed by atoms with E-state index in [1.807, 2.05) is 0 Å². The van der Waals surface area contributed by atoms with Crippen LogP contribution in [-0.4, -0.2) is 59.8 Å². The molecule has 0 radical (unpaired) electrons. The van der Waals surface area contributed by atoms with E-state index in [-0.39, 0.29) is 6.10 Å². The van der Waals surface area contributed by atoms with Crippen molar-refractivity contribution in [2.24, 2.45) is 5.92 Å². The second-order valence-corrected chi connectivity index (χ2v) is 7.26. The lowest BCUT2D eigenvalue weighted by atomic mass is 9.93. The third-order valence-corrected chi connectivity index (χ3v) is 5.78. The van der Waals surface area contributed by atoms with Crippen LogP contribution in [0.2, 0.25) is 0 Å². The molecule has 2 aliphatic heterocycles. The van der Waals surface area contributed by atoms with E-state index in [1.54, 1.807) is 0 Å². The van der Waals surface area contributed by atoms with Crippen LogP contribution in [0.1, 0.15) is 57.8 Å². The Balaban J connectivity index is 1.45. The third-order valence-electron chi connectivity index (χ3n) is 5.78. The molecule has 2 saturated heterocycles. The molecule has 1 N–H and O–H groups in total. The molecule has 2 atom stereocenters. The molecule has 3 nitrogen and oxygen atoms in total. The normalized spacial score (nSPS) is 35.2. The van der Waals surface area contributed by atoms with E-state index >= 15 is 0 Å². The number of piperidine rings is 1. The van der Waals surface area contributed by atoms with Crippen molar-refractivity contribution in [3.8, 4) is 0 Å². The highest BCUT2D eigenvalue weighted by Gasteiger charge is 2.31. The zero-order valence-electron chi connectivity index (χ0n) is 13.0. The quantitative estimate of drug-likeness (QED) is 0.805. The van der Waals surface area contributed by atoms with Gasteiger partial charge in [0.1, 0.15) is 0 Å². The summed E-state index contributed by atoms with van der Waals surface area (Å²) in [6, 6.07) is 0.463. The Hall–Kier alpha value is -0.120. The predicted octanol–water partition coefficient (Wildman–Crippen LogP) is 2.49.